The molecule has 9 heteroatoms. The van der Waals surface area contributed by atoms with Gasteiger partial charge in [-0.15, -0.1) is 10.2 Å². The number of hydrogen-bond acceptors (Lipinski definition) is 6. The summed E-state index contributed by atoms with van der Waals surface area (Å²) in [5.74, 6) is 1.18. The summed E-state index contributed by atoms with van der Waals surface area (Å²) >= 11 is 7.16. The van der Waals surface area contributed by atoms with Crippen molar-refractivity contribution < 1.29 is 9.21 Å². The van der Waals surface area contributed by atoms with Crippen LogP contribution in [0.15, 0.2) is 76.5 Å². The molecule has 0 atom stereocenters. The van der Waals surface area contributed by atoms with Gasteiger partial charge in [-0.05, 0) is 48.5 Å². The Balaban J connectivity index is 1.48. The average molecular weight is 436 g/mol. The molecule has 7 nitrogen and oxygen atoms in total. The molecule has 5 aromatic rings. The van der Waals surface area contributed by atoms with Crippen LogP contribution in [0.3, 0.4) is 0 Å². The van der Waals surface area contributed by atoms with Crippen LogP contribution in [0, 0.1) is 0 Å². The van der Waals surface area contributed by atoms with Gasteiger partial charge in [-0.1, -0.05) is 35.5 Å². The fraction of sp³-hybridized carbons (Fsp3) is 0.0476. The third-order valence-corrected chi connectivity index (χ3v) is 5.60. The summed E-state index contributed by atoms with van der Waals surface area (Å²) in [5.41, 5.74) is 2.13. The van der Waals surface area contributed by atoms with Crippen molar-refractivity contribution in [3.05, 3.63) is 71.9 Å². The van der Waals surface area contributed by atoms with Crippen LogP contribution in [-0.4, -0.2) is 31.2 Å². The van der Waals surface area contributed by atoms with E-state index in [0.29, 0.717) is 33.1 Å². The minimum Gasteiger partial charge on any atom is -0.461 e. The van der Waals surface area contributed by atoms with Gasteiger partial charge in [0.05, 0.1) is 17.5 Å². The van der Waals surface area contributed by atoms with Crippen LogP contribution in [0.1, 0.15) is 0 Å². The molecule has 3 aromatic heterocycles. The lowest BCUT2D eigenvalue weighted by molar-refractivity contribution is -0.113. The zero-order valence-electron chi connectivity index (χ0n) is 15.4. The third-order valence-electron chi connectivity index (χ3n) is 4.42. The Bertz CT molecular complexity index is 1350. The predicted molar refractivity (Wildman–Crippen MR) is 117 cm³/mol. The van der Waals surface area contributed by atoms with E-state index < -0.39 is 0 Å². The molecule has 0 radical (unpaired) electrons. The summed E-state index contributed by atoms with van der Waals surface area (Å²) in [7, 11) is 0. The molecule has 0 aliphatic rings. The molecule has 0 saturated heterocycles. The van der Waals surface area contributed by atoms with Crippen LogP contribution in [-0.2, 0) is 4.79 Å². The Morgan fingerprint density at radius 3 is 2.70 bits per heavy atom. The number of hydrogen-bond donors (Lipinski definition) is 1. The van der Waals surface area contributed by atoms with Gasteiger partial charge in [-0.25, -0.2) is 4.98 Å². The van der Waals surface area contributed by atoms with Crippen molar-refractivity contribution in [1.82, 2.24) is 19.6 Å². The standard InChI is InChI=1S/C21H14ClN5O2S/c22-13-7-9-14(10-8-13)23-18(28)12-30-21-26-25-19-15-4-1-2-5-16(15)24-20(27(19)21)17-6-3-11-29-17/h1-11H,12H2,(H,23,28). The van der Waals surface area contributed by atoms with Crippen LogP contribution in [0.25, 0.3) is 28.1 Å². The molecular weight excluding hydrogens is 422 g/mol. The smallest absolute Gasteiger partial charge is 0.234 e. The summed E-state index contributed by atoms with van der Waals surface area (Å²) in [6.07, 6.45) is 1.59. The first-order chi connectivity index (χ1) is 14.7. The molecule has 0 aliphatic heterocycles. The van der Waals surface area contributed by atoms with Crippen LogP contribution in [0.5, 0.6) is 0 Å². The molecule has 0 bridgehead atoms. The normalized spacial score (nSPS) is 11.2. The monoisotopic (exact) mass is 435 g/mol. The van der Waals surface area contributed by atoms with Crippen molar-refractivity contribution >= 4 is 51.5 Å². The summed E-state index contributed by atoms with van der Waals surface area (Å²) in [5, 5.41) is 13.5. The lowest BCUT2D eigenvalue weighted by atomic mass is 10.2. The molecule has 1 amide bonds. The minimum absolute atomic E-state index is 0.160. The second kappa shape index (κ2) is 7.81. The molecular formula is C21H14ClN5O2S. The van der Waals surface area contributed by atoms with Crippen molar-refractivity contribution in [3.8, 4) is 11.6 Å². The average Bonchev–Trinajstić information content (AvgIpc) is 3.44. The Morgan fingerprint density at radius 1 is 1.07 bits per heavy atom. The first-order valence-corrected chi connectivity index (χ1v) is 10.4. The Morgan fingerprint density at radius 2 is 1.90 bits per heavy atom. The summed E-state index contributed by atoms with van der Waals surface area (Å²) in [4.78, 5) is 17.1. The van der Waals surface area contributed by atoms with E-state index in [9.17, 15) is 4.79 Å². The number of rotatable bonds is 5. The maximum Gasteiger partial charge on any atom is 0.234 e. The lowest BCUT2D eigenvalue weighted by Crippen LogP contribution is -2.14. The Labute approximate surface area is 180 Å². The van der Waals surface area contributed by atoms with E-state index in [1.807, 2.05) is 34.7 Å². The lowest BCUT2D eigenvalue weighted by Gasteiger charge is -2.08. The number of amides is 1. The second-order valence-corrected chi connectivity index (χ2v) is 7.79. The van der Waals surface area contributed by atoms with Crippen LogP contribution < -0.4 is 5.32 Å². The van der Waals surface area contributed by atoms with E-state index in [1.54, 1.807) is 36.6 Å². The number of nitrogens with one attached hydrogen (secondary N) is 1. The van der Waals surface area contributed by atoms with Crippen molar-refractivity contribution in [1.29, 1.82) is 0 Å². The molecule has 0 saturated carbocycles. The molecule has 1 N–H and O–H groups in total. The number of furan rings is 1. The predicted octanol–water partition coefficient (Wildman–Crippen LogP) is 4.92. The number of carbonyl (C=O) groups is 1. The SMILES string of the molecule is O=C(CSc1nnc2c3ccccc3nc(-c3ccco3)n12)Nc1ccc(Cl)cc1. The van der Waals surface area contributed by atoms with E-state index in [0.717, 1.165) is 10.9 Å². The summed E-state index contributed by atoms with van der Waals surface area (Å²) in [6.45, 7) is 0. The zero-order chi connectivity index (χ0) is 20.5. The fourth-order valence-corrected chi connectivity index (χ4v) is 3.94. The largest absolute Gasteiger partial charge is 0.461 e. The highest BCUT2D eigenvalue weighted by Crippen LogP contribution is 2.29. The molecule has 0 unspecified atom stereocenters. The number of fused-ring (bicyclic) bond motifs is 3. The summed E-state index contributed by atoms with van der Waals surface area (Å²) < 4.78 is 7.40. The van der Waals surface area contributed by atoms with Gasteiger partial charge in [0.25, 0.3) is 0 Å². The van der Waals surface area contributed by atoms with Gasteiger partial charge in [-0.3, -0.25) is 9.20 Å². The number of aromatic nitrogens is 4. The highest BCUT2D eigenvalue weighted by Gasteiger charge is 2.18. The molecule has 0 fully saturated rings. The van der Waals surface area contributed by atoms with Crippen molar-refractivity contribution in [2.75, 3.05) is 11.1 Å². The van der Waals surface area contributed by atoms with E-state index in [2.05, 4.69) is 15.5 Å². The van der Waals surface area contributed by atoms with Crippen LogP contribution in [0.2, 0.25) is 5.02 Å². The van der Waals surface area contributed by atoms with Gasteiger partial charge in [0.15, 0.2) is 22.4 Å². The molecule has 2 aromatic carbocycles. The third kappa shape index (κ3) is 3.51. The number of anilines is 1. The molecule has 0 aliphatic carbocycles. The van der Waals surface area contributed by atoms with Crippen molar-refractivity contribution in [2.45, 2.75) is 5.16 Å². The first kappa shape index (κ1) is 18.7. The van der Waals surface area contributed by atoms with Gasteiger partial charge in [-0.2, -0.15) is 0 Å². The Hall–Kier alpha value is -3.36. The Kier molecular flexibility index (Phi) is 4.86. The van der Waals surface area contributed by atoms with E-state index in [4.69, 9.17) is 21.0 Å². The van der Waals surface area contributed by atoms with Gasteiger partial charge in [0.2, 0.25) is 5.91 Å². The number of benzene rings is 2. The topological polar surface area (TPSA) is 85.3 Å². The quantitative estimate of drug-likeness (QED) is 0.394. The van der Waals surface area contributed by atoms with Gasteiger partial charge in [0.1, 0.15) is 0 Å². The number of carbonyl (C=O) groups excluding carboxylic acids is 1. The molecule has 148 valence electrons. The van der Waals surface area contributed by atoms with Crippen molar-refractivity contribution in [2.24, 2.45) is 0 Å². The van der Waals surface area contributed by atoms with E-state index in [-0.39, 0.29) is 11.7 Å². The zero-order valence-corrected chi connectivity index (χ0v) is 17.0. The van der Waals surface area contributed by atoms with Gasteiger partial charge < -0.3 is 9.73 Å². The molecule has 3 heterocycles. The van der Waals surface area contributed by atoms with Gasteiger partial charge >= 0.3 is 0 Å². The maximum atomic E-state index is 12.4. The fourth-order valence-electron chi connectivity index (χ4n) is 3.08. The number of nitrogens with zero attached hydrogens (tertiary/aromatic N) is 4. The van der Waals surface area contributed by atoms with Crippen molar-refractivity contribution in [3.63, 3.8) is 0 Å². The number of halogens is 1. The van der Waals surface area contributed by atoms with Gasteiger partial charge in [0, 0.05) is 16.1 Å². The highest BCUT2D eigenvalue weighted by atomic mass is 35.5. The number of para-hydroxylation sites is 1. The molecule has 5 rings (SSSR count). The van der Waals surface area contributed by atoms with E-state index >= 15 is 0 Å². The van der Waals surface area contributed by atoms with Crippen LogP contribution in [0.4, 0.5) is 5.69 Å². The van der Waals surface area contributed by atoms with Crippen LogP contribution >= 0.6 is 23.4 Å². The molecule has 0 spiro atoms. The van der Waals surface area contributed by atoms with E-state index in [1.165, 1.54) is 11.8 Å². The maximum absolute atomic E-state index is 12.4. The highest BCUT2D eigenvalue weighted by molar-refractivity contribution is 7.99. The first-order valence-electron chi connectivity index (χ1n) is 9.05. The summed E-state index contributed by atoms with van der Waals surface area (Å²) in [6, 6.07) is 18.3. The number of thioether (sulfide) groups is 1. The second-order valence-electron chi connectivity index (χ2n) is 6.42. The molecule has 30 heavy (non-hydrogen) atoms. The minimum atomic E-state index is -0.160.